The van der Waals surface area contributed by atoms with Crippen LogP contribution in [-0.2, 0) is 6.42 Å². The molecule has 1 fully saturated rings. The lowest BCUT2D eigenvalue weighted by Gasteiger charge is -2.14. The van der Waals surface area contributed by atoms with E-state index in [2.05, 4.69) is 39.5 Å². The summed E-state index contributed by atoms with van der Waals surface area (Å²) in [5.41, 5.74) is 1.33. The monoisotopic (exact) mass is 453 g/mol. The minimum absolute atomic E-state index is 0. The van der Waals surface area contributed by atoms with E-state index >= 15 is 0 Å². The number of guanidine groups is 1. The molecule has 1 unspecified atom stereocenters. The van der Waals surface area contributed by atoms with Crippen molar-refractivity contribution in [3.8, 4) is 0 Å². The highest BCUT2D eigenvalue weighted by molar-refractivity contribution is 14.0. The summed E-state index contributed by atoms with van der Waals surface area (Å²) in [6.07, 6.45) is 4.81. The van der Waals surface area contributed by atoms with Crippen LogP contribution in [0.1, 0.15) is 24.8 Å². The van der Waals surface area contributed by atoms with Gasteiger partial charge >= 0.3 is 0 Å². The van der Waals surface area contributed by atoms with Gasteiger partial charge in [-0.15, -0.1) is 24.0 Å². The second kappa shape index (κ2) is 11.4. The summed E-state index contributed by atoms with van der Waals surface area (Å²) in [4.78, 5) is 4.27. The molecule has 1 aliphatic heterocycles. The first-order chi connectivity index (χ1) is 10.3. The molecule has 0 aliphatic carbocycles. The lowest BCUT2D eigenvalue weighted by atomic mass is 10.1. The minimum atomic E-state index is 0. The maximum atomic E-state index is 5.88. The molecule has 0 aromatic heterocycles. The molecule has 3 nitrogen and oxygen atoms in total. The maximum Gasteiger partial charge on any atom is 0.191 e. The standard InChI is InChI=1S/C16H24ClN3S.HI/c1-18-16(20-12-15-5-3-11-21-15)19-10-2-4-13-6-8-14(17)9-7-13;/h6-9,15H,2-5,10-12H2,1H3,(H2,18,19,20);1H. The number of nitrogens with zero attached hydrogens (tertiary/aromatic N) is 1. The van der Waals surface area contributed by atoms with Gasteiger partial charge in [-0.3, -0.25) is 4.99 Å². The van der Waals surface area contributed by atoms with Crippen molar-refractivity contribution in [1.29, 1.82) is 0 Å². The van der Waals surface area contributed by atoms with E-state index in [0.29, 0.717) is 0 Å². The zero-order valence-electron chi connectivity index (χ0n) is 13.0. The second-order valence-electron chi connectivity index (χ2n) is 5.24. The van der Waals surface area contributed by atoms with Crippen LogP contribution < -0.4 is 10.6 Å². The fourth-order valence-electron chi connectivity index (χ4n) is 2.39. The molecule has 2 N–H and O–H groups in total. The van der Waals surface area contributed by atoms with E-state index in [0.717, 1.165) is 42.2 Å². The molecule has 1 saturated heterocycles. The van der Waals surface area contributed by atoms with Crippen LogP contribution in [0.5, 0.6) is 0 Å². The van der Waals surface area contributed by atoms with Gasteiger partial charge in [0.1, 0.15) is 0 Å². The Kier molecular flexibility index (Phi) is 10.3. The topological polar surface area (TPSA) is 36.4 Å². The Balaban J connectivity index is 0.00000242. The van der Waals surface area contributed by atoms with Gasteiger partial charge in [0.15, 0.2) is 5.96 Å². The van der Waals surface area contributed by atoms with Crippen LogP contribution >= 0.6 is 47.3 Å². The quantitative estimate of drug-likeness (QED) is 0.296. The van der Waals surface area contributed by atoms with E-state index in [1.807, 2.05) is 19.2 Å². The Hall–Kier alpha value is -0.140. The highest BCUT2D eigenvalue weighted by Crippen LogP contribution is 2.25. The van der Waals surface area contributed by atoms with Crippen molar-refractivity contribution < 1.29 is 0 Å². The molecule has 0 amide bonds. The molecule has 124 valence electrons. The second-order valence-corrected chi connectivity index (χ2v) is 7.09. The molecule has 6 heteroatoms. The fourth-order valence-corrected chi connectivity index (χ4v) is 3.71. The summed E-state index contributed by atoms with van der Waals surface area (Å²) in [5.74, 6) is 2.22. The average molecular weight is 454 g/mol. The minimum Gasteiger partial charge on any atom is -0.356 e. The first kappa shape index (κ1) is 19.9. The van der Waals surface area contributed by atoms with Gasteiger partial charge in [0, 0.05) is 30.4 Å². The molecule has 22 heavy (non-hydrogen) atoms. The van der Waals surface area contributed by atoms with Crippen LogP contribution in [0.15, 0.2) is 29.3 Å². The molecule has 1 heterocycles. The van der Waals surface area contributed by atoms with E-state index in [1.54, 1.807) is 0 Å². The number of nitrogens with one attached hydrogen (secondary N) is 2. The first-order valence-electron chi connectivity index (χ1n) is 7.58. The van der Waals surface area contributed by atoms with Gasteiger partial charge in [0.25, 0.3) is 0 Å². The maximum absolute atomic E-state index is 5.88. The van der Waals surface area contributed by atoms with E-state index in [1.165, 1.54) is 24.2 Å². The predicted molar refractivity (Wildman–Crippen MR) is 110 cm³/mol. The summed E-state index contributed by atoms with van der Waals surface area (Å²) in [6.45, 7) is 1.95. The number of aryl methyl sites for hydroxylation is 1. The van der Waals surface area contributed by atoms with Crippen molar-refractivity contribution in [1.82, 2.24) is 10.6 Å². The van der Waals surface area contributed by atoms with Crippen LogP contribution in [0.25, 0.3) is 0 Å². The number of benzene rings is 1. The van der Waals surface area contributed by atoms with E-state index in [4.69, 9.17) is 11.6 Å². The van der Waals surface area contributed by atoms with Crippen LogP contribution in [0, 0.1) is 0 Å². The number of hydrogen-bond acceptors (Lipinski definition) is 2. The van der Waals surface area contributed by atoms with Gasteiger partial charge in [-0.2, -0.15) is 11.8 Å². The van der Waals surface area contributed by atoms with Crippen LogP contribution in [0.4, 0.5) is 0 Å². The van der Waals surface area contributed by atoms with Gasteiger partial charge < -0.3 is 10.6 Å². The smallest absolute Gasteiger partial charge is 0.191 e. The Morgan fingerprint density at radius 1 is 1.32 bits per heavy atom. The number of rotatable bonds is 6. The summed E-state index contributed by atoms with van der Waals surface area (Å²) >= 11 is 7.95. The summed E-state index contributed by atoms with van der Waals surface area (Å²) in [6, 6.07) is 8.08. The zero-order chi connectivity index (χ0) is 14.9. The lowest BCUT2D eigenvalue weighted by Crippen LogP contribution is -2.40. The molecule has 0 spiro atoms. The Bertz CT molecular complexity index is 447. The Morgan fingerprint density at radius 3 is 2.73 bits per heavy atom. The van der Waals surface area contributed by atoms with Crippen molar-refractivity contribution in [3.05, 3.63) is 34.9 Å². The van der Waals surface area contributed by atoms with Gasteiger partial charge in [-0.25, -0.2) is 0 Å². The Labute approximate surface area is 160 Å². The molecule has 0 bridgehead atoms. The van der Waals surface area contributed by atoms with Crippen LogP contribution in [0.2, 0.25) is 5.02 Å². The molecule has 1 aromatic rings. The average Bonchev–Trinajstić information content (AvgIpc) is 3.02. The third-order valence-corrected chi connectivity index (χ3v) is 5.24. The lowest BCUT2D eigenvalue weighted by molar-refractivity contribution is 0.710. The number of aliphatic imine (C=N–C) groups is 1. The highest BCUT2D eigenvalue weighted by atomic mass is 127. The summed E-state index contributed by atoms with van der Waals surface area (Å²) in [7, 11) is 1.83. The van der Waals surface area contributed by atoms with E-state index in [-0.39, 0.29) is 24.0 Å². The summed E-state index contributed by atoms with van der Waals surface area (Å²) < 4.78 is 0. The molecular weight excluding hydrogens is 429 g/mol. The van der Waals surface area contributed by atoms with Crippen LogP contribution in [0.3, 0.4) is 0 Å². The van der Waals surface area contributed by atoms with Crippen molar-refractivity contribution in [2.75, 3.05) is 25.9 Å². The number of halogens is 2. The molecule has 0 saturated carbocycles. The third-order valence-electron chi connectivity index (χ3n) is 3.59. The zero-order valence-corrected chi connectivity index (χ0v) is 16.9. The SMILES string of the molecule is CN=C(NCCCc1ccc(Cl)cc1)NCC1CCCS1.I. The number of hydrogen-bond donors (Lipinski definition) is 2. The van der Waals surface area contributed by atoms with E-state index in [9.17, 15) is 0 Å². The molecule has 1 atom stereocenters. The first-order valence-corrected chi connectivity index (χ1v) is 9.01. The van der Waals surface area contributed by atoms with E-state index < -0.39 is 0 Å². The van der Waals surface area contributed by atoms with Gasteiger partial charge in [-0.05, 0) is 49.1 Å². The third kappa shape index (κ3) is 7.42. The predicted octanol–water partition coefficient (Wildman–Crippen LogP) is 3.95. The van der Waals surface area contributed by atoms with Gasteiger partial charge in [-0.1, -0.05) is 23.7 Å². The van der Waals surface area contributed by atoms with Crippen molar-refractivity contribution >= 4 is 53.3 Å². The number of thioether (sulfide) groups is 1. The van der Waals surface area contributed by atoms with Crippen molar-refractivity contribution in [2.45, 2.75) is 30.9 Å². The molecule has 1 aromatic carbocycles. The molecular formula is C16H25ClIN3S. The van der Waals surface area contributed by atoms with Crippen molar-refractivity contribution in [3.63, 3.8) is 0 Å². The van der Waals surface area contributed by atoms with Crippen molar-refractivity contribution in [2.24, 2.45) is 4.99 Å². The Morgan fingerprint density at radius 2 is 2.09 bits per heavy atom. The normalized spacial score (nSPS) is 17.9. The fraction of sp³-hybridized carbons (Fsp3) is 0.562. The molecule has 1 aliphatic rings. The van der Waals surface area contributed by atoms with Gasteiger partial charge in [0.05, 0.1) is 0 Å². The molecule has 0 radical (unpaired) electrons. The van der Waals surface area contributed by atoms with Crippen LogP contribution in [-0.4, -0.2) is 37.1 Å². The molecule has 2 rings (SSSR count). The summed E-state index contributed by atoms with van der Waals surface area (Å²) in [5, 5.41) is 8.34. The highest BCUT2D eigenvalue weighted by Gasteiger charge is 2.15. The van der Waals surface area contributed by atoms with Gasteiger partial charge in [0.2, 0.25) is 0 Å². The largest absolute Gasteiger partial charge is 0.356 e.